The Bertz CT molecular complexity index is 698. The van der Waals surface area contributed by atoms with Crippen molar-refractivity contribution in [3.63, 3.8) is 0 Å². The van der Waals surface area contributed by atoms with Crippen LogP contribution in [0.25, 0.3) is 0 Å². The van der Waals surface area contributed by atoms with Gasteiger partial charge in [-0.05, 0) is 29.4 Å². The summed E-state index contributed by atoms with van der Waals surface area (Å²) in [6.07, 6.45) is 1.16. The minimum atomic E-state index is -0.710. The fourth-order valence-electron chi connectivity index (χ4n) is 1.26. The van der Waals surface area contributed by atoms with Gasteiger partial charge in [-0.1, -0.05) is 0 Å². The number of non-ortho nitro benzene ring substituents is 1. The Hall–Kier alpha value is -2.33. The minimum Gasteiger partial charge on any atom is -0.258 e. The molecule has 0 N–H and O–H groups in total. The monoisotopic (exact) mass is 313 g/mol. The van der Waals surface area contributed by atoms with Gasteiger partial charge in [0.2, 0.25) is 5.28 Å². The molecule has 1 aromatic carbocycles. The molecule has 1 heterocycles. The minimum absolute atomic E-state index is 0.0490. The van der Waals surface area contributed by atoms with Gasteiger partial charge in [-0.3, -0.25) is 20.2 Å². The van der Waals surface area contributed by atoms with E-state index in [1.807, 2.05) is 0 Å². The van der Waals surface area contributed by atoms with Gasteiger partial charge in [-0.2, -0.15) is 4.98 Å². The van der Waals surface area contributed by atoms with E-state index in [1.54, 1.807) is 0 Å². The highest BCUT2D eigenvalue weighted by Crippen LogP contribution is 2.35. The first kappa shape index (κ1) is 14.1. The largest absolute Gasteiger partial charge is 0.290 e. The molecule has 20 heavy (non-hydrogen) atoms. The summed E-state index contributed by atoms with van der Waals surface area (Å²) in [5, 5.41) is 21.7. The summed E-state index contributed by atoms with van der Waals surface area (Å²) in [7, 11) is 0. The summed E-state index contributed by atoms with van der Waals surface area (Å²) < 4.78 is 0. The Morgan fingerprint density at radius 1 is 1.15 bits per heavy atom. The molecule has 0 atom stereocenters. The second-order valence-corrected chi connectivity index (χ2v) is 4.65. The molecule has 0 aliphatic heterocycles. The van der Waals surface area contributed by atoms with Gasteiger partial charge in [0.1, 0.15) is 6.33 Å². The van der Waals surface area contributed by atoms with Crippen molar-refractivity contribution in [3.05, 3.63) is 50.0 Å². The van der Waals surface area contributed by atoms with E-state index in [4.69, 9.17) is 11.6 Å². The molecule has 0 saturated heterocycles. The molecule has 0 bridgehead atoms. The second kappa shape index (κ2) is 5.75. The van der Waals surface area contributed by atoms with Gasteiger partial charge < -0.3 is 0 Å². The summed E-state index contributed by atoms with van der Waals surface area (Å²) in [4.78, 5) is 31.5. The summed E-state index contributed by atoms with van der Waals surface area (Å²) in [6, 6.07) is 3.31. The molecule has 0 aliphatic carbocycles. The van der Waals surface area contributed by atoms with Crippen molar-refractivity contribution in [1.29, 1.82) is 0 Å². The number of halogens is 1. The number of hydrogen-bond donors (Lipinski definition) is 0. The standard InChI is InChI=1S/C9H4ClN5O4S/c10-8-11-4-12-9(13-8)20-7-2-1-5(14(16)17)3-6(7)15(18)19/h1-4H. The average molecular weight is 314 g/mol. The van der Waals surface area contributed by atoms with Crippen LogP contribution in [0.5, 0.6) is 0 Å². The predicted octanol–water partition coefficient (Wildman–Crippen LogP) is 2.49. The fraction of sp³-hybridized carbons (Fsp3) is 0. The number of nitro benzene ring substituents is 2. The van der Waals surface area contributed by atoms with Crippen LogP contribution >= 0.6 is 23.4 Å². The third kappa shape index (κ3) is 3.16. The lowest BCUT2D eigenvalue weighted by molar-refractivity contribution is -0.396. The van der Waals surface area contributed by atoms with Gasteiger partial charge in [0.05, 0.1) is 20.8 Å². The van der Waals surface area contributed by atoms with Crippen molar-refractivity contribution < 1.29 is 9.85 Å². The van der Waals surface area contributed by atoms with E-state index < -0.39 is 15.5 Å². The maximum absolute atomic E-state index is 10.9. The summed E-state index contributed by atoms with van der Waals surface area (Å²) in [5.41, 5.74) is -0.768. The Kier molecular flexibility index (Phi) is 4.05. The van der Waals surface area contributed by atoms with Gasteiger partial charge >= 0.3 is 0 Å². The second-order valence-electron chi connectivity index (χ2n) is 3.31. The number of nitro groups is 2. The maximum atomic E-state index is 10.9. The van der Waals surface area contributed by atoms with Crippen LogP contribution in [0.3, 0.4) is 0 Å². The van der Waals surface area contributed by atoms with Gasteiger partial charge in [0.25, 0.3) is 11.4 Å². The molecule has 0 saturated carbocycles. The van der Waals surface area contributed by atoms with Gasteiger partial charge in [0, 0.05) is 6.07 Å². The van der Waals surface area contributed by atoms with Crippen LogP contribution in [-0.4, -0.2) is 24.8 Å². The number of rotatable bonds is 4. The Morgan fingerprint density at radius 3 is 2.50 bits per heavy atom. The molecular formula is C9H4ClN5O4S. The number of hydrogen-bond acceptors (Lipinski definition) is 8. The van der Waals surface area contributed by atoms with Gasteiger partial charge in [0.15, 0.2) is 5.16 Å². The van der Waals surface area contributed by atoms with E-state index in [0.29, 0.717) is 0 Å². The van der Waals surface area contributed by atoms with Gasteiger partial charge in [-0.15, -0.1) is 0 Å². The van der Waals surface area contributed by atoms with Crippen molar-refractivity contribution in [1.82, 2.24) is 15.0 Å². The molecule has 0 amide bonds. The number of benzene rings is 1. The molecule has 0 unspecified atom stereocenters. The van der Waals surface area contributed by atoms with E-state index in [2.05, 4.69) is 15.0 Å². The van der Waals surface area contributed by atoms with Crippen LogP contribution in [0.1, 0.15) is 0 Å². The smallest absolute Gasteiger partial charge is 0.258 e. The molecule has 9 nitrogen and oxygen atoms in total. The molecule has 11 heteroatoms. The average Bonchev–Trinajstić information content (AvgIpc) is 2.38. The van der Waals surface area contributed by atoms with Gasteiger partial charge in [-0.25, -0.2) is 9.97 Å². The van der Waals surface area contributed by atoms with Crippen molar-refractivity contribution in [2.45, 2.75) is 10.1 Å². The van der Waals surface area contributed by atoms with Crippen LogP contribution in [0, 0.1) is 20.2 Å². The normalized spacial score (nSPS) is 10.2. The Balaban J connectivity index is 2.41. The molecule has 0 aliphatic rings. The SMILES string of the molecule is O=[N+]([O-])c1ccc(Sc2ncnc(Cl)n2)c([N+](=O)[O-])c1. The zero-order valence-electron chi connectivity index (χ0n) is 9.46. The molecule has 1 aromatic heterocycles. The molecule has 0 radical (unpaired) electrons. The van der Waals surface area contributed by atoms with E-state index in [0.717, 1.165) is 30.2 Å². The molecule has 2 rings (SSSR count). The predicted molar refractivity (Wildman–Crippen MR) is 68.7 cm³/mol. The first-order valence-corrected chi connectivity index (χ1v) is 6.12. The fourth-order valence-corrected chi connectivity index (χ4v) is 2.23. The van der Waals surface area contributed by atoms with Crippen LogP contribution < -0.4 is 0 Å². The zero-order valence-corrected chi connectivity index (χ0v) is 11.0. The van der Waals surface area contributed by atoms with Crippen LogP contribution in [-0.2, 0) is 0 Å². The Labute approximate surface area is 120 Å². The Morgan fingerprint density at radius 2 is 1.90 bits per heavy atom. The lowest BCUT2D eigenvalue weighted by Gasteiger charge is -2.01. The van der Waals surface area contributed by atoms with Crippen molar-refractivity contribution >= 4 is 34.7 Å². The zero-order chi connectivity index (χ0) is 14.7. The quantitative estimate of drug-likeness (QED) is 0.622. The first-order valence-electron chi connectivity index (χ1n) is 4.92. The highest BCUT2D eigenvalue weighted by molar-refractivity contribution is 7.99. The summed E-state index contributed by atoms with van der Waals surface area (Å²) in [6.45, 7) is 0. The van der Waals surface area contributed by atoms with Crippen LogP contribution in [0.4, 0.5) is 11.4 Å². The summed E-state index contributed by atoms with van der Waals surface area (Å²) in [5.74, 6) is 0. The van der Waals surface area contributed by atoms with E-state index in [1.165, 1.54) is 6.07 Å². The molecule has 102 valence electrons. The lowest BCUT2D eigenvalue weighted by Crippen LogP contribution is -1.95. The third-order valence-electron chi connectivity index (χ3n) is 2.07. The highest BCUT2D eigenvalue weighted by atomic mass is 35.5. The van der Waals surface area contributed by atoms with Crippen molar-refractivity contribution in [2.24, 2.45) is 0 Å². The van der Waals surface area contributed by atoms with Crippen LogP contribution in [0.15, 0.2) is 34.6 Å². The number of aromatic nitrogens is 3. The number of nitrogens with zero attached hydrogens (tertiary/aromatic N) is 5. The van der Waals surface area contributed by atoms with E-state index in [9.17, 15) is 20.2 Å². The van der Waals surface area contributed by atoms with Crippen molar-refractivity contribution in [2.75, 3.05) is 0 Å². The van der Waals surface area contributed by atoms with E-state index >= 15 is 0 Å². The first-order chi connectivity index (χ1) is 9.47. The van der Waals surface area contributed by atoms with Crippen LogP contribution in [0.2, 0.25) is 5.28 Å². The van der Waals surface area contributed by atoms with E-state index in [-0.39, 0.29) is 21.0 Å². The topological polar surface area (TPSA) is 125 Å². The molecule has 0 fully saturated rings. The molecule has 2 aromatic rings. The molecular weight excluding hydrogens is 310 g/mol. The molecule has 0 spiro atoms. The maximum Gasteiger partial charge on any atom is 0.290 e. The third-order valence-corrected chi connectivity index (χ3v) is 3.20. The van der Waals surface area contributed by atoms with Crippen molar-refractivity contribution in [3.8, 4) is 0 Å². The summed E-state index contributed by atoms with van der Waals surface area (Å²) >= 11 is 6.45. The lowest BCUT2D eigenvalue weighted by atomic mass is 10.3. The highest BCUT2D eigenvalue weighted by Gasteiger charge is 2.21.